The number of aromatic nitrogens is 4. The van der Waals surface area contributed by atoms with Crippen molar-refractivity contribution in [3.63, 3.8) is 0 Å². The first kappa shape index (κ1) is 17.3. The number of hydrogen-bond acceptors (Lipinski definition) is 5. The summed E-state index contributed by atoms with van der Waals surface area (Å²) in [6.07, 6.45) is 3.49. The number of carbonyl (C=O) groups excluding carboxylic acids is 1. The van der Waals surface area contributed by atoms with Gasteiger partial charge in [0.1, 0.15) is 9.88 Å². The first-order valence-corrected chi connectivity index (χ1v) is 8.82. The second-order valence-electron chi connectivity index (χ2n) is 6.11. The Hall–Kier alpha value is -2.54. The molecule has 6 nitrogen and oxygen atoms in total. The van der Waals surface area contributed by atoms with Crippen LogP contribution in [0.2, 0.25) is 0 Å². The summed E-state index contributed by atoms with van der Waals surface area (Å²) in [5.41, 5.74) is 4.80. The van der Waals surface area contributed by atoms with Crippen molar-refractivity contribution in [1.29, 1.82) is 0 Å². The van der Waals surface area contributed by atoms with Crippen molar-refractivity contribution >= 4 is 17.2 Å². The fraction of sp³-hybridized carbons (Fsp3) is 0.333. The van der Waals surface area contributed by atoms with Crippen LogP contribution in [0.5, 0.6) is 0 Å². The monoisotopic (exact) mass is 355 g/mol. The summed E-state index contributed by atoms with van der Waals surface area (Å²) in [7, 11) is 3.73. The van der Waals surface area contributed by atoms with Crippen LogP contribution in [-0.4, -0.2) is 37.6 Å². The molecule has 0 saturated heterocycles. The minimum Gasteiger partial charge on any atom is -0.336 e. The van der Waals surface area contributed by atoms with E-state index < -0.39 is 0 Å². The van der Waals surface area contributed by atoms with Crippen LogP contribution in [0, 0.1) is 20.8 Å². The largest absolute Gasteiger partial charge is 0.336 e. The van der Waals surface area contributed by atoms with Gasteiger partial charge in [-0.25, -0.2) is 4.98 Å². The maximum Gasteiger partial charge on any atom is 0.265 e. The molecule has 3 heterocycles. The predicted molar refractivity (Wildman–Crippen MR) is 98.6 cm³/mol. The molecule has 3 rings (SSSR count). The Labute approximate surface area is 151 Å². The normalized spacial score (nSPS) is 10.9. The average molecular weight is 355 g/mol. The Morgan fingerprint density at radius 1 is 1.28 bits per heavy atom. The van der Waals surface area contributed by atoms with E-state index in [1.807, 2.05) is 51.7 Å². The van der Waals surface area contributed by atoms with Crippen molar-refractivity contribution < 1.29 is 4.79 Å². The van der Waals surface area contributed by atoms with Gasteiger partial charge in [0.25, 0.3) is 5.91 Å². The van der Waals surface area contributed by atoms with Crippen LogP contribution in [0.25, 0.3) is 10.6 Å². The molecule has 0 N–H and O–H groups in total. The highest BCUT2D eigenvalue weighted by molar-refractivity contribution is 7.17. The molecular weight excluding hydrogens is 334 g/mol. The average Bonchev–Trinajstić information content (AvgIpc) is 3.10. The lowest BCUT2D eigenvalue weighted by Gasteiger charge is -2.17. The molecule has 25 heavy (non-hydrogen) atoms. The standard InChI is InChI=1S/C18H21N5OS/c1-11-15(13(3)23(5)21-11)10-22(4)18(24)16-12(2)20-17(25-16)14-7-6-8-19-9-14/h6-9H,10H2,1-5H3. The molecule has 0 fully saturated rings. The van der Waals surface area contributed by atoms with E-state index in [0.717, 1.165) is 33.2 Å². The van der Waals surface area contributed by atoms with Gasteiger partial charge in [-0.15, -0.1) is 11.3 Å². The molecule has 0 bridgehead atoms. The highest BCUT2D eigenvalue weighted by atomic mass is 32.1. The number of thiazole rings is 1. The topological polar surface area (TPSA) is 63.9 Å². The van der Waals surface area contributed by atoms with Crippen LogP contribution >= 0.6 is 11.3 Å². The van der Waals surface area contributed by atoms with E-state index in [1.54, 1.807) is 17.3 Å². The van der Waals surface area contributed by atoms with E-state index in [0.29, 0.717) is 11.4 Å². The number of amides is 1. The van der Waals surface area contributed by atoms with Crippen LogP contribution in [0.15, 0.2) is 24.5 Å². The van der Waals surface area contributed by atoms with Gasteiger partial charge in [-0.2, -0.15) is 5.10 Å². The van der Waals surface area contributed by atoms with Crippen LogP contribution in [-0.2, 0) is 13.6 Å². The van der Waals surface area contributed by atoms with Crippen molar-refractivity contribution in [3.8, 4) is 10.6 Å². The SMILES string of the molecule is Cc1nc(-c2cccnc2)sc1C(=O)N(C)Cc1c(C)nn(C)c1C. The summed E-state index contributed by atoms with van der Waals surface area (Å²) < 4.78 is 1.85. The van der Waals surface area contributed by atoms with Gasteiger partial charge in [-0.1, -0.05) is 0 Å². The molecule has 0 atom stereocenters. The van der Waals surface area contributed by atoms with Crippen molar-refractivity contribution in [2.45, 2.75) is 27.3 Å². The summed E-state index contributed by atoms with van der Waals surface area (Å²) in [6.45, 7) is 6.40. The Kier molecular flexibility index (Phi) is 4.67. The highest BCUT2D eigenvalue weighted by Crippen LogP contribution is 2.28. The number of nitrogens with zero attached hydrogens (tertiary/aromatic N) is 5. The van der Waals surface area contributed by atoms with Gasteiger partial charge in [-0.05, 0) is 32.9 Å². The lowest BCUT2D eigenvalue weighted by Crippen LogP contribution is -2.26. The third-order valence-corrected chi connectivity index (χ3v) is 5.49. The molecule has 0 aliphatic heterocycles. The molecule has 0 unspecified atom stereocenters. The lowest BCUT2D eigenvalue weighted by molar-refractivity contribution is 0.0788. The van der Waals surface area contributed by atoms with Gasteiger partial charge in [0.05, 0.1) is 11.4 Å². The quantitative estimate of drug-likeness (QED) is 0.721. The molecule has 3 aromatic rings. The summed E-state index contributed by atoms with van der Waals surface area (Å²) in [6, 6.07) is 3.82. The molecule has 130 valence electrons. The highest BCUT2D eigenvalue weighted by Gasteiger charge is 2.21. The second-order valence-corrected chi connectivity index (χ2v) is 7.11. The van der Waals surface area contributed by atoms with Crippen LogP contribution in [0.4, 0.5) is 0 Å². The van der Waals surface area contributed by atoms with Gasteiger partial charge in [0.15, 0.2) is 0 Å². The van der Waals surface area contributed by atoms with Gasteiger partial charge in [0, 0.05) is 49.9 Å². The van der Waals surface area contributed by atoms with E-state index in [2.05, 4.69) is 15.1 Å². The number of pyridine rings is 1. The first-order chi connectivity index (χ1) is 11.9. The molecule has 0 spiro atoms. The smallest absolute Gasteiger partial charge is 0.265 e. The summed E-state index contributed by atoms with van der Waals surface area (Å²) in [4.78, 5) is 24.0. The Balaban J connectivity index is 1.84. The zero-order valence-electron chi connectivity index (χ0n) is 15.1. The summed E-state index contributed by atoms with van der Waals surface area (Å²) >= 11 is 1.41. The van der Waals surface area contributed by atoms with E-state index in [9.17, 15) is 4.79 Å². The summed E-state index contributed by atoms with van der Waals surface area (Å²) in [5.74, 6) is -0.0206. The van der Waals surface area contributed by atoms with Crippen LogP contribution in [0.3, 0.4) is 0 Å². The molecule has 1 amide bonds. The second kappa shape index (κ2) is 6.76. The fourth-order valence-corrected chi connectivity index (χ4v) is 3.79. The maximum atomic E-state index is 12.9. The predicted octanol–water partition coefficient (Wildman–Crippen LogP) is 3.14. The van der Waals surface area contributed by atoms with Gasteiger partial charge in [-0.3, -0.25) is 14.5 Å². The molecule has 0 aliphatic rings. The van der Waals surface area contributed by atoms with Crippen LogP contribution in [0.1, 0.15) is 32.3 Å². The number of hydrogen-bond donors (Lipinski definition) is 0. The number of carbonyl (C=O) groups is 1. The van der Waals surface area contributed by atoms with Gasteiger partial charge >= 0.3 is 0 Å². The van der Waals surface area contributed by atoms with Crippen molar-refractivity contribution in [3.05, 3.63) is 52.0 Å². The number of aryl methyl sites for hydroxylation is 3. The Bertz CT molecular complexity index is 913. The van der Waals surface area contributed by atoms with E-state index in [-0.39, 0.29) is 5.91 Å². The van der Waals surface area contributed by atoms with Crippen molar-refractivity contribution in [2.75, 3.05) is 7.05 Å². The third kappa shape index (κ3) is 3.32. The lowest BCUT2D eigenvalue weighted by atomic mass is 10.2. The van der Waals surface area contributed by atoms with Crippen molar-refractivity contribution in [2.24, 2.45) is 7.05 Å². The number of rotatable bonds is 4. The molecule has 7 heteroatoms. The minimum atomic E-state index is -0.0206. The summed E-state index contributed by atoms with van der Waals surface area (Å²) in [5, 5.41) is 5.23. The molecule has 0 saturated carbocycles. The van der Waals surface area contributed by atoms with E-state index >= 15 is 0 Å². The molecule has 0 radical (unpaired) electrons. The molecule has 0 aromatic carbocycles. The molecule has 0 aliphatic carbocycles. The maximum absolute atomic E-state index is 12.9. The van der Waals surface area contributed by atoms with Gasteiger partial charge in [0.2, 0.25) is 0 Å². The van der Waals surface area contributed by atoms with Gasteiger partial charge < -0.3 is 4.90 Å². The zero-order valence-corrected chi connectivity index (χ0v) is 15.9. The zero-order chi connectivity index (χ0) is 18.1. The minimum absolute atomic E-state index is 0.0206. The first-order valence-electron chi connectivity index (χ1n) is 8.01. The van der Waals surface area contributed by atoms with E-state index in [4.69, 9.17) is 0 Å². The van der Waals surface area contributed by atoms with E-state index in [1.165, 1.54) is 11.3 Å². The Morgan fingerprint density at radius 3 is 2.64 bits per heavy atom. The van der Waals surface area contributed by atoms with Crippen LogP contribution < -0.4 is 0 Å². The molecular formula is C18H21N5OS. The Morgan fingerprint density at radius 2 is 2.04 bits per heavy atom. The fourth-order valence-electron chi connectivity index (χ4n) is 2.74. The molecule has 3 aromatic heterocycles. The van der Waals surface area contributed by atoms with Crippen molar-refractivity contribution in [1.82, 2.24) is 24.6 Å². The third-order valence-electron chi connectivity index (χ3n) is 4.30.